The van der Waals surface area contributed by atoms with Gasteiger partial charge in [-0.05, 0) is 40.0 Å². The molecule has 0 bridgehead atoms. The average molecular weight is 361 g/mol. The second-order valence-corrected chi connectivity index (χ2v) is 10.8. The molecule has 2 atom stereocenters. The van der Waals surface area contributed by atoms with Crippen molar-refractivity contribution in [3.8, 4) is 5.75 Å². The molecule has 1 heterocycles. The number of methoxy groups -OCH3 is 1. The largest absolute Gasteiger partial charge is 0.497 e. The minimum absolute atomic E-state index is 0.128. The van der Waals surface area contributed by atoms with Crippen LogP contribution in [0.2, 0.25) is 5.54 Å². The van der Waals surface area contributed by atoms with Crippen LogP contribution in [0.3, 0.4) is 0 Å². The molecule has 4 rings (SSSR count). The zero-order chi connectivity index (χ0) is 18.0. The van der Waals surface area contributed by atoms with E-state index in [0.29, 0.717) is 5.54 Å². The Morgan fingerprint density at radius 3 is 1.85 bits per heavy atom. The third-order valence-corrected chi connectivity index (χ3v) is 10.1. The van der Waals surface area contributed by atoms with Gasteiger partial charge in [-0.25, -0.2) is 0 Å². The number of hydrogen-bond donors (Lipinski definition) is 0. The summed E-state index contributed by atoms with van der Waals surface area (Å²) in [5, 5.41) is 2.71. The van der Waals surface area contributed by atoms with Gasteiger partial charge in [0, 0.05) is 0 Å². The summed E-state index contributed by atoms with van der Waals surface area (Å²) in [6, 6.07) is 30.0. The predicted octanol–water partition coefficient (Wildman–Crippen LogP) is 4.31. The van der Waals surface area contributed by atoms with Crippen molar-refractivity contribution >= 4 is 18.7 Å². The second kappa shape index (κ2) is 7.10. The number of benzene rings is 3. The molecule has 0 N–H and O–H groups in total. The van der Waals surface area contributed by atoms with E-state index in [9.17, 15) is 0 Å². The molecule has 0 amide bonds. The zero-order valence-electron chi connectivity index (χ0n) is 15.3. The van der Waals surface area contributed by atoms with E-state index in [1.165, 1.54) is 15.9 Å². The van der Waals surface area contributed by atoms with Crippen LogP contribution in [0.1, 0.15) is 25.0 Å². The molecular weight excluding hydrogens is 336 g/mol. The van der Waals surface area contributed by atoms with E-state index in [0.717, 1.165) is 12.2 Å². The van der Waals surface area contributed by atoms with Gasteiger partial charge < -0.3 is 9.16 Å². The van der Waals surface area contributed by atoms with E-state index >= 15 is 0 Å². The second-order valence-electron chi connectivity index (χ2n) is 6.98. The SMILES string of the molecule is COc1ccc([C@H]2C[C@H](C)[Si](c3ccccc3)(c3ccccc3)O2)cc1. The molecule has 0 saturated carbocycles. The van der Waals surface area contributed by atoms with Crippen LogP contribution in [0.5, 0.6) is 5.75 Å². The topological polar surface area (TPSA) is 18.5 Å². The highest BCUT2D eigenvalue weighted by molar-refractivity contribution is 6.98. The molecule has 26 heavy (non-hydrogen) atoms. The van der Waals surface area contributed by atoms with Gasteiger partial charge in [-0.1, -0.05) is 79.7 Å². The summed E-state index contributed by atoms with van der Waals surface area (Å²) >= 11 is 0. The third-order valence-electron chi connectivity index (χ3n) is 5.48. The van der Waals surface area contributed by atoms with Gasteiger partial charge in [0.2, 0.25) is 0 Å². The number of rotatable bonds is 4. The molecule has 0 spiro atoms. The Hall–Kier alpha value is -2.36. The lowest BCUT2D eigenvalue weighted by Gasteiger charge is -2.31. The van der Waals surface area contributed by atoms with Crippen LogP contribution in [0.15, 0.2) is 84.9 Å². The monoisotopic (exact) mass is 360 g/mol. The van der Waals surface area contributed by atoms with Crippen molar-refractivity contribution in [1.82, 2.24) is 0 Å². The van der Waals surface area contributed by atoms with E-state index < -0.39 is 8.32 Å². The first kappa shape index (κ1) is 17.1. The predicted molar refractivity (Wildman–Crippen MR) is 109 cm³/mol. The van der Waals surface area contributed by atoms with Crippen molar-refractivity contribution < 1.29 is 9.16 Å². The smallest absolute Gasteiger partial charge is 0.259 e. The van der Waals surface area contributed by atoms with Crippen LogP contribution in [0, 0.1) is 0 Å². The molecule has 3 aromatic carbocycles. The van der Waals surface area contributed by atoms with Crippen LogP contribution < -0.4 is 15.1 Å². The molecule has 1 aliphatic heterocycles. The fraction of sp³-hybridized carbons (Fsp3) is 0.217. The summed E-state index contributed by atoms with van der Waals surface area (Å²) in [7, 11) is -0.587. The van der Waals surface area contributed by atoms with Crippen molar-refractivity contribution in [2.45, 2.75) is 25.0 Å². The summed E-state index contributed by atoms with van der Waals surface area (Å²) in [5.74, 6) is 0.884. The highest BCUT2D eigenvalue weighted by atomic mass is 28.4. The molecule has 0 aliphatic carbocycles. The van der Waals surface area contributed by atoms with E-state index in [4.69, 9.17) is 9.16 Å². The van der Waals surface area contributed by atoms with Crippen molar-refractivity contribution in [1.29, 1.82) is 0 Å². The maximum atomic E-state index is 6.99. The van der Waals surface area contributed by atoms with Crippen LogP contribution in [0.4, 0.5) is 0 Å². The Kier molecular flexibility index (Phi) is 4.66. The Morgan fingerprint density at radius 2 is 1.35 bits per heavy atom. The fourth-order valence-corrected chi connectivity index (χ4v) is 8.72. The van der Waals surface area contributed by atoms with Gasteiger partial charge in [-0.15, -0.1) is 0 Å². The maximum Gasteiger partial charge on any atom is 0.259 e. The molecule has 0 unspecified atom stereocenters. The van der Waals surface area contributed by atoms with Crippen LogP contribution in [0.25, 0.3) is 0 Å². The number of hydrogen-bond acceptors (Lipinski definition) is 2. The van der Waals surface area contributed by atoms with Gasteiger partial charge in [0.05, 0.1) is 13.2 Å². The fourth-order valence-electron chi connectivity index (χ4n) is 4.14. The van der Waals surface area contributed by atoms with Gasteiger partial charge in [0.25, 0.3) is 8.32 Å². The molecule has 3 aromatic rings. The van der Waals surface area contributed by atoms with Crippen molar-refractivity contribution in [2.24, 2.45) is 0 Å². The van der Waals surface area contributed by atoms with Crippen LogP contribution in [-0.2, 0) is 4.43 Å². The molecule has 1 fully saturated rings. The van der Waals surface area contributed by atoms with Gasteiger partial charge in [-0.3, -0.25) is 0 Å². The standard InChI is InChI=1S/C23H24O2Si/c1-18-17-23(19-13-15-20(24-2)16-14-19)25-26(18,21-9-5-3-6-10-21)22-11-7-4-8-12-22/h3-16,18,23H,17H2,1-2H3/t18-,23+/m0/s1. The molecular formula is C23H24O2Si. The molecule has 1 saturated heterocycles. The summed E-state index contributed by atoms with van der Waals surface area (Å²) in [6.07, 6.45) is 1.17. The lowest BCUT2D eigenvalue weighted by molar-refractivity contribution is 0.233. The lowest BCUT2D eigenvalue weighted by Crippen LogP contribution is -2.60. The number of ether oxygens (including phenoxy) is 1. The zero-order valence-corrected chi connectivity index (χ0v) is 16.3. The van der Waals surface area contributed by atoms with Gasteiger partial charge in [-0.2, -0.15) is 0 Å². The Bertz CT molecular complexity index is 807. The van der Waals surface area contributed by atoms with E-state index in [-0.39, 0.29) is 6.10 Å². The van der Waals surface area contributed by atoms with Gasteiger partial charge >= 0.3 is 0 Å². The lowest BCUT2D eigenvalue weighted by atomic mass is 10.1. The Balaban J connectivity index is 1.77. The van der Waals surface area contributed by atoms with Gasteiger partial charge in [0.15, 0.2) is 0 Å². The molecule has 3 heteroatoms. The van der Waals surface area contributed by atoms with Crippen molar-refractivity contribution in [2.75, 3.05) is 7.11 Å². The third kappa shape index (κ3) is 2.87. The van der Waals surface area contributed by atoms with Crippen LogP contribution in [-0.4, -0.2) is 15.4 Å². The van der Waals surface area contributed by atoms with Crippen molar-refractivity contribution in [3.05, 3.63) is 90.5 Å². The van der Waals surface area contributed by atoms with E-state index in [2.05, 4.69) is 79.7 Å². The normalized spacial score (nSPS) is 21.5. The molecule has 0 radical (unpaired) electrons. The first-order valence-electron chi connectivity index (χ1n) is 9.17. The summed E-state index contributed by atoms with van der Waals surface area (Å²) < 4.78 is 12.3. The first-order valence-corrected chi connectivity index (χ1v) is 11.2. The minimum Gasteiger partial charge on any atom is -0.497 e. The maximum absolute atomic E-state index is 6.99. The quantitative estimate of drug-likeness (QED) is 0.646. The van der Waals surface area contributed by atoms with Gasteiger partial charge in [0.1, 0.15) is 5.75 Å². The molecule has 0 aromatic heterocycles. The summed E-state index contributed by atoms with van der Waals surface area (Å²) in [6.45, 7) is 2.36. The Morgan fingerprint density at radius 1 is 0.808 bits per heavy atom. The summed E-state index contributed by atoms with van der Waals surface area (Å²) in [4.78, 5) is 0. The highest BCUT2D eigenvalue weighted by Gasteiger charge is 2.52. The minimum atomic E-state index is -2.29. The molecule has 2 nitrogen and oxygen atoms in total. The highest BCUT2D eigenvalue weighted by Crippen LogP contribution is 2.44. The van der Waals surface area contributed by atoms with Crippen LogP contribution >= 0.6 is 0 Å². The van der Waals surface area contributed by atoms with E-state index in [1.54, 1.807) is 7.11 Å². The van der Waals surface area contributed by atoms with E-state index in [1.807, 2.05) is 12.1 Å². The average Bonchev–Trinajstić information content (AvgIpc) is 3.07. The molecule has 1 aliphatic rings. The van der Waals surface area contributed by atoms with Crippen molar-refractivity contribution in [3.63, 3.8) is 0 Å². The Labute approximate surface area is 156 Å². The summed E-state index contributed by atoms with van der Waals surface area (Å²) in [5.41, 5.74) is 1.73. The first-order chi connectivity index (χ1) is 12.7. The molecule has 132 valence electrons.